The number of hydrogen-bond acceptors (Lipinski definition) is 6. The predicted octanol–water partition coefficient (Wildman–Crippen LogP) is 3.74. The lowest BCUT2D eigenvalue weighted by Crippen LogP contribution is -2.33. The van der Waals surface area contributed by atoms with Gasteiger partial charge in [0.15, 0.2) is 0 Å². The van der Waals surface area contributed by atoms with E-state index in [0.29, 0.717) is 11.4 Å². The van der Waals surface area contributed by atoms with Crippen LogP contribution in [0, 0.1) is 21.4 Å². The Morgan fingerprint density at radius 3 is 2.74 bits per heavy atom. The van der Waals surface area contributed by atoms with Crippen LogP contribution < -0.4 is 0 Å². The Hall–Kier alpha value is -4.78. The van der Waals surface area contributed by atoms with Crippen molar-refractivity contribution in [2.75, 3.05) is 6.54 Å². The van der Waals surface area contributed by atoms with E-state index in [0.717, 1.165) is 11.3 Å². The minimum Gasteiger partial charge on any atom is -0.349 e. The summed E-state index contributed by atoms with van der Waals surface area (Å²) in [7, 11) is 1.87. The molecule has 0 fully saturated rings. The number of aromatic nitrogens is 4. The van der Waals surface area contributed by atoms with Gasteiger partial charge in [0, 0.05) is 50.9 Å². The van der Waals surface area contributed by atoms with Crippen LogP contribution in [0.4, 0.5) is 5.69 Å². The average molecular weight is 455 g/mol. The summed E-state index contributed by atoms with van der Waals surface area (Å²) in [6.07, 6.45) is 5.33. The van der Waals surface area contributed by atoms with E-state index in [4.69, 9.17) is 5.26 Å². The molecule has 10 heteroatoms. The number of nitriles is 1. The van der Waals surface area contributed by atoms with Crippen LogP contribution in [0.15, 0.2) is 73.2 Å². The molecule has 3 aromatic heterocycles. The highest BCUT2D eigenvalue weighted by atomic mass is 16.6. The first-order chi connectivity index (χ1) is 16.5. The van der Waals surface area contributed by atoms with Gasteiger partial charge in [-0.05, 0) is 35.9 Å². The number of carbonyl (C=O) groups is 1. The number of nitrogens with zero attached hydrogens (tertiary/aromatic N) is 7. The van der Waals surface area contributed by atoms with Crippen molar-refractivity contribution in [3.05, 3.63) is 94.6 Å². The summed E-state index contributed by atoms with van der Waals surface area (Å²) < 4.78 is 3.29. The minimum absolute atomic E-state index is 0.108. The molecular weight excluding hydrogens is 434 g/mol. The predicted molar refractivity (Wildman–Crippen MR) is 124 cm³/mol. The first-order valence-electron chi connectivity index (χ1n) is 10.5. The molecule has 34 heavy (non-hydrogen) atoms. The van der Waals surface area contributed by atoms with Crippen LogP contribution in [0.3, 0.4) is 0 Å². The number of rotatable bonds is 8. The topological polar surface area (TPSA) is 123 Å². The maximum atomic E-state index is 13.7. The number of hydrogen-bond donors (Lipinski definition) is 0. The number of carbonyl (C=O) groups excluding carboxylic acids is 1. The molecule has 0 aliphatic heterocycles. The zero-order valence-corrected chi connectivity index (χ0v) is 18.4. The Labute approximate surface area is 195 Å². The lowest BCUT2D eigenvalue weighted by Gasteiger charge is -2.22. The fourth-order valence-electron chi connectivity index (χ4n) is 3.63. The van der Waals surface area contributed by atoms with Crippen LogP contribution >= 0.6 is 0 Å². The van der Waals surface area contributed by atoms with Crippen molar-refractivity contribution in [2.45, 2.75) is 13.0 Å². The first-order valence-corrected chi connectivity index (χ1v) is 10.5. The van der Waals surface area contributed by atoms with Gasteiger partial charge in [-0.25, -0.2) is 4.68 Å². The molecule has 0 atom stereocenters. The third-order valence-corrected chi connectivity index (χ3v) is 5.30. The van der Waals surface area contributed by atoms with Gasteiger partial charge < -0.3 is 9.47 Å². The van der Waals surface area contributed by atoms with Gasteiger partial charge in [-0.15, -0.1) is 0 Å². The molecule has 0 saturated carbocycles. The van der Waals surface area contributed by atoms with Crippen LogP contribution in [-0.4, -0.2) is 41.6 Å². The van der Waals surface area contributed by atoms with Gasteiger partial charge in [-0.3, -0.25) is 19.9 Å². The first kappa shape index (κ1) is 22.4. The van der Waals surface area contributed by atoms with E-state index in [1.807, 2.05) is 36.0 Å². The zero-order chi connectivity index (χ0) is 24.1. The molecule has 0 spiro atoms. The van der Waals surface area contributed by atoms with E-state index in [2.05, 4.69) is 16.2 Å². The van der Waals surface area contributed by atoms with Crippen molar-refractivity contribution in [3.63, 3.8) is 0 Å². The van der Waals surface area contributed by atoms with E-state index in [1.54, 1.807) is 41.6 Å². The molecule has 0 saturated heterocycles. The molecule has 3 heterocycles. The molecule has 0 N–H and O–H groups in total. The Bertz CT molecular complexity index is 1370. The molecule has 4 aromatic rings. The Balaban J connectivity index is 1.81. The number of aryl methyl sites for hydroxylation is 1. The van der Waals surface area contributed by atoms with Gasteiger partial charge in [0.25, 0.3) is 11.6 Å². The maximum absolute atomic E-state index is 13.7. The molecular formula is C24H21N7O3. The standard InChI is InChI=1S/C24H21N7O3/c1-28-12-4-9-22(28)21-15-23(30(27-21)19-7-2-8-20(14-19)31(33)34)24(32)29(13-5-10-25)17-18-6-3-11-26-16-18/h2-4,6-9,11-12,14-16H,5,13,17H2,1H3. The SMILES string of the molecule is Cn1cccc1-c1cc(C(=O)N(CCC#N)Cc2cccnc2)n(-c2cccc([N+](=O)[O-])c2)n1. The van der Waals surface area contributed by atoms with Crippen molar-refractivity contribution in [3.8, 4) is 23.1 Å². The summed E-state index contributed by atoms with van der Waals surface area (Å²) in [4.78, 5) is 30.2. The highest BCUT2D eigenvalue weighted by molar-refractivity contribution is 5.94. The zero-order valence-electron chi connectivity index (χ0n) is 18.4. The normalized spacial score (nSPS) is 10.6. The van der Waals surface area contributed by atoms with Gasteiger partial charge in [0.1, 0.15) is 11.4 Å². The van der Waals surface area contributed by atoms with E-state index >= 15 is 0 Å². The highest BCUT2D eigenvalue weighted by Gasteiger charge is 2.24. The maximum Gasteiger partial charge on any atom is 0.272 e. The second-order valence-electron chi connectivity index (χ2n) is 7.60. The molecule has 1 amide bonds. The van der Waals surface area contributed by atoms with Gasteiger partial charge in [-0.2, -0.15) is 10.4 Å². The summed E-state index contributed by atoms with van der Waals surface area (Å²) in [5.74, 6) is -0.349. The monoisotopic (exact) mass is 455 g/mol. The summed E-state index contributed by atoms with van der Waals surface area (Å²) >= 11 is 0. The lowest BCUT2D eigenvalue weighted by molar-refractivity contribution is -0.384. The quantitative estimate of drug-likeness (QED) is 0.295. The third kappa shape index (κ3) is 4.68. The Morgan fingerprint density at radius 1 is 1.21 bits per heavy atom. The van der Waals surface area contributed by atoms with Crippen molar-refractivity contribution in [1.29, 1.82) is 5.26 Å². The number of nitro benzene ring substituents is 1. The molecule has 0 unspecified atom stereocenters. The van der Waals surface area contributed by atoms with Crippen LogP contribution in [0.1, 0.15) is 22.5 Å². The van der Waals surface area contributed by atoms with Crippen LogP contribution in [-0.2, 0) is 13.6 Å². The number of pyridine rings is 1. The van der Waals surface area contributed by atoms with E-state index in [1.165, 1.54) is 16.8 Å². The highest BCUT2D eigenvalue weighted by Crippen LogP contribution is 2.25. The smallest absolute Gasteiger partial charge is 0.272 e. The fraction of sp³-hybridized carbons (Fsp3) is 0.167. The van der Waals surface area contributed by atoms with E-state index in [9.17, 15) is 14.9 Å². The Morgan fingerprint density at radius 2 is 2.06 bits per heavy atom. The van der Waals surface area contributed by atoms with Gasteiger partial charge >= 0.3 is 0 Å². The number of benzene rings is 1. The largest absolute Gasteiger partial charge is 0.349 e. The van der Waals surface area contributed by atoms with Crippen molar-refractivity contribution in [1.82, 2.24) is 24.2 Å². The molecule has 10 nitrogen and oxygen atoms in total. The fourth-order valence-corrected chi connectivity index (χ4v) is 3.63. The Kier molecular flexibility index (Phi) is 6.45. The average Bonchev–Trinajstić information content (AvgIpc) is 3.48. The van der Waals surface area contributed by atoms with Crippen molar-refractivity contribution >= 4 is 11.6 Å². The molecule has 4 rings (SSSR count). The minimum atomic E-state index is -0.492. The number of non-ortho nitro benzene ring substituents is 1. The van der Waals surface area contributed by atoms with Crippen molar-refractivity contribution < 1.29 is 9.72 Å². The molecule has 0 bridgehead atoms. The summed E-state index contributed by atoms with van der Waals surface area (Å²) in [6.45, 7) is 0.470. The van der Waals surface area contributed by atoms with Crippen molar-refractivity contribution in [2.24, 2.45) is 7.05 Å². The molecule has 1 aromatic carbocycles. The van der Waals surface area contributed by atoms with Crippen LogP contribution in [0.5, 0.6) is 0 Å². The van der Waals surface area contributed by atoms with E-state index in [-0.39, 0.29) is 36.8 Å². The molecule has 170 valence electrons. The van der Waals surface area contributed by atoms with Crippen LogP contribution in [0.25, 0.3) is 17.1 Å². The lowest BCUT2D eigenvalue weighted by atomic mass is 10.2. The molecule has 0 radical (unpaired) electrons. The van der Waals surface area contributed by atoms with Crippen LogP contribution in [0.2, 0.25) is 0 Å². The summed E-state index contributed by atoms with van der Waals surface area (Å²) in [5.41, 5.74) is 2.66. The molecule has 0 aliphatic rings. The second-order valence-corrected chi connectivity index (χ2v) is 7.60. The summed E-state index contributed by atoms with van der Waals surface area (Å²) in [5, 5.41) is 25.1. The summed E-state index contributed by atoms with van der Waals surface area (Å²) in [6, 6.07) is 17.1. The van der Waals surface area contributed by atoms with Gasteiger partial charge in [-0.1, -0.05) is 12.1 Å². The molecule has 0 aliphatic carbocycles. The van der Waals surface area contributed by atoms with Gasteiger partial charge in [0.2, 0.25) is 0 Å². The third-order valence-electron chi connectivity index (χ3n) is 5.30. The second kappa shape index (κ2) is 9.79. The number of nitro groups is 1. The number of amides is 1. The van der Waals surface area contributed by atoms with Gasteiger partial charge in [0.05, 0.1) is 28.8 Å². The van der Waals surface area contributed by atoms with E-state index < -0.39 is 4.92 Å².